The molecule has 0 bridgehead atoms. The maximum absolute atomic E-state index is 11.4. The zero-order valence-corrected chi connectivity index (χ0v) is 10.1. The highest BCUT2D eigenvalue weighted by Gasteiger charge is 2.17. The van der Waals surface area contributed by atoms with Crippen LogP contribution in [0.1, 0.15) is 20.8 Å². The predicted molar refractivity (Wildman–Crippen MR) is 59.4 cm³/mol. The Hall–Kier alpha value is -0.420. The molecule has 4 nitrogen and oxygen atoms in total. The molecule has 0 aromatic rings. The van der Waals surface area contributed by atoms with E-state index in [2.05, 4.69) is 5.32 Å². The second-order valence-electron chi connectivity index (χ2n) is 3.82. The first-order valence-electron chi connectivity index (χ1n) is 4.71. The predicted octanol–water partition coefficient (Wildman–Crippen LogP) is -0.147. The number of rotatable bonds is 5. The monoisotopic (exact) mass is 220 g/mol. The van der Waals surface area contributed by atoms with Crippen LogP contribution in [0.2, 0.25) is 0 Å². The summed E-state index contributed by atoms with van der Waals surface area (Å²) in [5.74, 6) is -0.0465. The van der Waals surface area contributed by atoms with Crippen molar-refractivity contribution in [2.75, 3.05) is 12.8 Å². The van der Waals surface area contributed by atoms with Crippen molar-refractivity contribution in [3.05, 3.63) is 0 Å². The molecule has 14 heavy (non-hydrogen) atoms. The lowest BCUT2D eigenvalue weighted by molar-refractivity contribution is -0.123. The van der Waals surface area contributed by atoms with Crippen LogP contribution in [0.25, 0.3) is 0 Å². The summed E-state index contributed by atoms with van der Waals surface area (Å²) >= 11 is 0. The van der Waals surface area contributed by atoms with Crippen molar-refractivity contribution in [3.8, 4) is 0 Å². The number of nitrogens with one attached hydrogen (secondary N) is 1. The van der Waals surface area contributed by atoms with Crippen LogP contribution < -0.4 is 11.1 Å². The highest BCUT2D eigenvalue weighted by molar-refractivity contribution is 7.84. The van der Waals surface area contributed by atoms with E-state index in [1.54, 1.807) is 6.26 Å². The van der Waals surface area contributed by atoms with E-state index in [1.807, 2.05) is 20.8 Å². The van der Waals surface area contributed by atoms with E-state index in [4.69, 9.17) is 5.73 Å². The number of hydrogen-bond acceptors (Lipinski definition) is 3. The number of amides is 1. The van der Waals surface area contributed by atoms with Crippen LogP contribution >= 0.6 is 0 Å². The SMILES string of the molecule is CC(C)C(N)C(=O)NCC(C)S(C)=O. The molecule has 0 aliphatic heterocycles. The van der Waals surface area contributed by atoms with Crippen molar-refractivity contribution in [1.82, 2.24) is 5.32 Å². The maximum Gasteiger partial charge on any atom is 0.237 e. The molecular weight excluding hydrogens is 200 g/mol. The standard InChI is InChI=1S/C9H20N2O2S/c1-6(2)8(10)9(12)11-5-7(3)14(4)13/h6-8H,5,10H2,1-4H3,(H,11,12). The average molecular weight is 220 g/mol. The number of hydrogen-bond donors (Lipinski definition) is 2. The van der Waals surface area contributed by atoms with E-state index < -0.39 is 16.8 Å². The van der Waals surface area contributed by atoms with Gasteiger partial charge in [0.2, 0.25) is 5.91 Å². The fraction of sp³-hybridized carbons (Fsp3) is 0.889. The van der Waals surface area contributed by atoms with Gasteiger partial charge in [-0.2, -0.15) is 0 Å². The van der Waals surface area contributed by atoms with Crippen molar-refractivity contribution in [2.45, 2.75) is 32.1 Å². The Bertz CT molecular complexity index is 219. The number of carbonyl (C=O) groups is 1. The summed E-state index contributed by atoms with van der Waals surface area (Å²) in [5, 5.41) is 2.66. The smallest absolute Gasteiger partial charge is 0.237 e. The van der Waals surface area contributed by atoms with Gasteiger partial charge in [0.1, 0.15) is 0 Å². The molecule has 0 radical (unpaired) electrons. The van der Waals surface area contributed by atoms with E-state index in [1.165, 1.54) is 0 Å². The molecule has 0 rings (SSSR count). The van der Waals surface area contributed by atoms with Crippen molar-refractivity contribution < 1.29 is 9.00 Å². The summed E-state index contributed by atoms with van der Waals surface area (Å²) in [6.07, 6.45) is 1.62. The van der Waals surface area contributed by atoms with Crippen LogP contribution in [-0.4, -0.2) is 34.2 Å². The zero-order valence-electron chi connectivity index (χ0n) is 9.24. The van der Waals surface area contributed by atoms with Crippen molar-refractivity contribution in [1.29, 1.82) is 0 Å². The quantitative estimate of drug-likeness (QED) is 0.677. The zero-order chi connectivity index (χ0) is 11.3. The lowest BCUT2D eigenvalue weighted by atomic mass is 10.1. The van der Waals surface area contributed by atoms with Crippen LogP contribution in [0.5, 0.6) is 0 Å². The summed E-state index contributed by atoms with van der Waals surface area (Å²) < 4.78 is 11.0. The second kappa shape index (κ2) is 6.14. The van der Waals surface area contributed by atoms with Crippen molar-refractivity contribution in [2.24, 2.45) is 11.7 Å². The lowest BCUT2D eigenvalue weighted by Crippen LogP contribution is -2.46. The Morgan fingerprint density at radius 2 is 1.93 bits per heavy atom. The molecule has 84 valence electrons. The second-order valence-corrected chi connectivity index (χ2v) is 5.63. The molecule has 3 N–H and O–H groups in total. The van der Waals surface area contributed by atoms with E-state index in [0.29, 0.717) is 6.54 Å². The van der Waals surface area contributed by atoms with Crippen LogP contribution in [0.3, 0.4) is 0 Å². The molecule has 0 aromatic heterocycles. The van der Waals surface area contributed by atoms with E-state index in [-0.39, 0.29) is 17.1 Å². The van der Waals surface area contributed by atoms with Gasteiger partial charge in [-0.1, -0.05) is 13.8 Å². The molecule has 0 heterocycles. The van der Waals surface area contributed by atoms with Gasteiger partial charge in [-0.05, 0) is 12.8 Å². The largest absolute Gasteiger partial charge is 0.354 e. The van der Waals surface area contributed by atoms with Crippen LogP contribution in [-0.2, 0) is 15.6 Å². The van der Waals surface area contributed by atoms with Crippen molar-refractivity contribution in [3.63, 3.8) is 0 Å². The Morgan fingerprint density at radius 1 is 1.43 bits per heavy atom. The minimum Gasteiger partial charge on any atom is -0.354 e. The lowest BCUT2D eigenvalue weighted by Gasteiger charge is -2.16. The van der Waals surface area contributed by atoms with Gasteiger partial charge in [-0.3, -0.25) is 9.00 Å². The van der Waals surface area contributed by atoms with Gasteiger partial charge >= 0.3 is 0 Å². The van der Waals surface area contributed by atoms with E-state index in [9.17, 15) is 9.00 Å². The summed E-state index contributed by atoms with van der Waals surface area (Å²) in [6, 6.07) is -0.479. The Kier molecular flexibility index (Phi) is 5.95. The molecule has 0 saturated carbocycles. The first kappa shape index (κ1) is 13.6. The summed E-state index contributed by atoms with van der Waals surface area (Å²) in [4.78, 5) is 11.4. The third-order valence-corrected chi connectivity index (χ3v) is 3.45. The van der Waals surface area contributed by atoms with E-state index >= 15 is 0 Å². The third-order valence-electron chi connectivity index (χ3n) is 2.15. The fourth-order valence-corrected chi connectivity index (χ4v) is 1.10. The molecule has 0 aliphatic rings. The van der Waals surface area contributed by atoms with Crippen LogP contribution in [0.15, 0.2) is 0 Å². The summed E-state index contributed by atoms with van der Waals surface area (Å²) in [7, 11) is -0.906. The number of carbonyl (C=O) groups excluding carboxylic acids is 1. The summed E-state index contributed by atoms with van der Waals surface area (Å²) in [5.41, 5.74) is 5.63. The Balaban J connectivity index is 3.91. The molecule has 0 saturated heterocycles. The molecular formula is C9H20N2O2S. The van der Waals surface area contributed by atoms with Gasteiger partial charge in [-0.15, -0.1) is 0 Å². The van der Waals surface area contributed by atoms with Gasteiger partial charge in [0, 0.05) is 28.9 Å². The molecule has 3 unspecified atom stereocenters. The topological polar surface area (TPSA) is 72.2 Å². The van der Waals surface area contributed by atoms with Gasteiger partial charge in [0.15, 0.2) is 0 Å². The average Bonchev–Trinajstić information content (AvgIpc) is 2.11. The highest BCUT2D eigenvalue weighted by Crippen LogP contribution is 1.98. The molecule has 0 aromatic carbocycles. The van der Waals surface area contributed by atoms with Gasteiger partial charge in [0.05, 0.1) is 6.04 Å². The fourth-order valence-electron chi connectivity index (χ4n) is 0.782. The molecule has 0 spiro atoms. The Labute approximate surface area is 88.1 Å². The molecule has 1 amide bonds. The minimum absolute atomic E-state index is 0.0293. The third kappa shape index (κ3) is 4.72. The van der Waals surface area contributed by atoms with Crippen LogP contribution in [0, 0.1) is 5.92 Å². The summed E-state index contributed by atoms with van der Waals surface area (Å²) in [6.45, 7) is 6.04. The number of nitrogens with two attached hydrogens (primary N) is 1. The van der Waals surface area contributed by atoms with Gasteiger partial charge in [0.25, 0.3) is 0 Å². The molecule has 3 atom stereocenters. The van der Waals surface area contributed by atoms with E-state index in [0.717, 1.165) is 0 Å². The highest BCUT2D eigenvalue weighted by atomic mass is 32.2. The molecule has 0 fully saturated rings. The maximum atomic E-state index is 11.4. The Morgan fingerprint density at radius 3 is 2.29 bits per heavy atom. The van der Waals surface area contributed by atoms with Crippen molar-refractivity contribution >= 4 is 16.7 Å². The first-order chi connectivity index (χ1) is 6.36. The van der Waals surface area contributed by atoms with Gasteiger partial charge < -0.3 is 11.1 Å². The molecule has 0 aliphatic carbocycles. The first-order valence-corrected chi connectivity index (χ1v) is 6.34. The van der Waals surface area contributed by atoms with Crippen LogP contribution in [0.4, 0.5) is 0 Å². The minimum atomic E-state index is -0.906. The normalized spacial score (nSPS) is 17.6. The molecule has 5 heteroatoms. The van der Waals surface area contributed by atoms with Gasteiger partial charge in [-0.25, -0.2) is 0 Å².